The molecule has 6 heteroatoms. The monoisotopic (exact) mass is 355 g/mol. The van der Waals surface area contributed by atoms with Gasteiger partial charge in [0, 0.05) is 24.1 Å². The molecule has 26 heavy (non-hydrogen) atoms. The van der Waals surface area contributed by atoms with Gasteiger partial charge in [-0.2, -0.15) is 5.10 Å². The van der Waals surface area contributed by atoms with Crippen LogP contribution >= 0.6 is 0 Å². The average Bonchev–Trinajstić information content (AvgIpc) is 3.06. The Balaban J connectivity index is 1.42. The minimum atomic E-state index is -0.161. The quantitative estimate of drug-likeness (QED) is 0.781. The van der Waals surface area contributed by atoms with Crippen molar-refractivity contribution in [3.8, 4) is 5.69 Å². The molecule has 0 radical (unpaired) electrons. The van der Waals surface area contributed by atoms with Gasteiger partial charge in [-0.15, -0.1) is 0 Å². The van der Waals surface area contributed by atoms with Crippen LogP contribution in [-0.4, -0.2) is 46.9 Å². The second-order valence-electron chi connectivity index (χ2n) is 7.19. The van der Waals surface area contributed by atoms with Gasteiger partial charge in [0.25, 0.3) is 0 Å². The van der Waals surface area contributed by atoms with Crippen LogP contribution in [0.5, 0.6) is 0 Å². The topological polar surface area (TPSA) is 62.2 Å². The molecule has 0 saturated carbocycles. The molecule has 0 unspecified atom stereocenters. The predicted molar refractivity (Wildman–Crippen MR) is 105 cm³/mol. The Morgan fingerprint density at radius 3 is 2.81 bits per heavy atom. The first-order valence-electron chi connectivity index (χ1n) is 9.50. The van der Waals surface area contributed by atoms with Crippen LogP contribution in [0.1, 0.15) is 31.9 Å². The maximum absolute atomic E-state index is 12.1. The van der Waals surface area contributed by atoms with Gasteiger partial charge in [-0.3, -0.25) is 0 Å². The summed E-state index contributed by atoms with van der Waals surface area (Å²) < 4.78 is 1.85. The van der Waals surface area contributed by atoms with Crippen LogP contribution < -0.4 is 10.6 Å². The zero-order valence-corrected chi connectivity index (χ0v) is 15.7. The highest BCUT2D eigenvalue weighted by atomic mass is 16.2. The van der Waals surface area contributed by atoms with Crippen molar-refractivity contribution < 1.29 is 4.79 Å². The van der Waals surface area contributed by atoms with Crippen molar-refractivity contribution in [2.75, 3.05) is 31.5 Å². The highest BCUT2D eigenvalue weighted by Gasteiger charge is 2.14. The van der Waals surface area contributed by atoms with Crippen LogP contribution in [0.3, 0.4) is 0 Å². The number of benzene rings is 1. The lowest BCUT2D eigenvalue weighted by Gasteiger charge is -2.30. The molecule has 2 heterocycles. The van der Waals surface area contributed by atoms with Crippen LogP contribution in [0.25, 0.3) is 5.69 Å². The summed E-state index contributed by atoms with van der Waals surface area (Å²) in [5.41, 5.74) is 2.75. The second kappa shape index (κ2) is 8.85. The number of carbonyl (C=O) groups is 1. The zero-order valence-electron chi connectivity index (χ0n) is 15.7. The van der Waals surface area contributed by atoms with Crippen LogP contribution in [0, 0.1) is 12.8 Å². The number of rotatable bonds is 6. The van der Waals surface area contributed by atoms with Crippen LogP contribution in [0.4, 0.5) is 10.5 Å². The molecule has 2 amide bonds. The number of aryl methyl sites for hydroxylation is 1. The molecule has 2 aromatic rings. The van der Waals surface area contributed by atoms with E-state index in [4.69, 9.17) is 0 Å². The smallest absolute Gasteiger partial charge is 0.319 e. The largest absolute Gasteiger partial charge is 0.338 e. The molecule has 1 saturated heterocycles. The number of likely N-dealkylation sites (tertiary alicyclic amines) is 1. The third kappa shape index (κ3) is 5.08. The molecule has 0 spiro atoms. The van der Waals surface area contributed by atoms with E-state index in [0.29, 0.717) is 6.54 Å². The first-order valence-corrected chi connectivity index (χ1v) is 9.50. The van der Waals surface area contributed by atoms with Gasteiger partial charge in [-0.1, -0.05) is 13.0 Å². The average molecular weight is 355 g/mol. The minimum absolute atomic E-state index is 0.161. The highest BCUT2D eigenvalue weighted by Crippen LogP contribution is 2.16. The van der Waals surface area contributed by atoms with E-state index in [1.54, 1.807) is 6.20 Å². The van der Waals surface area contributed by atoms with E-state index in [0.717, 1.165) is 36.0 Å². The number of anilines is 1. The summed E-state index contributed by atoms with van der Waals surface area (Å²) in [5, 5.41) is 10.1. The van der Waals surface area contributed by atoms with E-state index in [-0.39, 0.29) is 6.03 Å². The fourth-order valence-electron chi connectivity index (χ4n) is 3.32. The number of urea groups is 1. The van der Waals surface area contributed by atoms with Gasteiger partial charge in [-0.25, -0.2) is 9.48 Å². The summed E-state index contributed by atoms with van der Waals surface area (Å²) in [6, 6.07) is 9.50. The first-order chi connectivity index (χ1) is 12.6. The maximum atomic E-state index is 12.1. The van der Waals surface area contributed by atoms with E-state index in [2.05, 4.69) is 27.6 Å². The van der Waals surface area contributed by atoms with E-state index in [1.807, 2.05) is 41.9 Å². The lowest BCUT2D eigenvalue weighted by atomic mass is 9.99. The zero-order chi connectivity index (χ0) is 18.4. The highest BCUT2D eigenvalue weighted by molar-refractivity contribution is 5.89. The van der Waals surface area contributed by atoms with E-state index in [1.165, 1.54) is 25.9 Å². The molecule has 1 aliphatic rings. The molecule has 1 aromatic heterocycles. The summed E-state index contributed by atoms with van der Waals surface area (Å²) in [6.45, 7) is 8.45. The van der Waals surface area contributed by atoms with Gasteiger partial charge in [0.05, 0.1) is 5.69 Å². The Hall–Kier alpha value is -2.34. The molecule has 3 rings (SSSR count). The molecule has 1 aromatic carbocycles. The van der Waals surface area contributed by atoms with Crippen molar-refractivity contribution >= 4 is 11.7 Å². The fraction of sp³-hybridized carbons (Fsp3) is 0.500. The summed E-state index contributed by atoms with van der Waals surface area (Å²) in [5.74, 6) is 0.858. The number of piperidine rings is 1. The number of nitrogens with one attached hydrogen (secondary N) is 2. The van der Waals surface area contributed by atoms with Crippen LogP contribution in [0.15, 0.2) is 36.5 Å². The van der Waals surface area contributed by atoms with Crippen molar-refractivity contribution in [1.82, 2.24) is 20.0 Å². The maximum Gasteiger partial charge on any atom is 0.319 e. The van der Waals surface area contributed by atoms with Gasteiger partial charge in [0.2, 0.25) is 0 Å². The third-order valence-corrected chi connectivity index (χ3v) is 4.99. The first kappa shape index (κ1) is 18.5. The fourth-order valence-corrected chi connectivity index (χ4v) is 3.32. The molecular formula is C20H29N5O. The summed E-state index contributed by atoms with van der Waals surface area (Å²) in [7, 11) is 0. The van der Waals surface area contributed by atoms with Gasteiger partial charge in [0.15, 0.2) is 0 Å². The van der Waals surface area contributed by atoms with E-state index >= 15 is 0 Å². The molecule has 1 aliphatic heterocycles. The Morgan fingerprint density at radius 1 is 1.27 bits per heavy atom. The molecule has 0 atom stereocenters. The number of hydrogen-bond acceptors (Lipinski definition) is 3. The van der Waals surface area contributed by atoms with Crippen LogP contribution in [0.2, 0.25) is 0 Å². The SMILES string of the molecule is Cc1ccnn1-c1cccc(NC(=O)NCCCN2CCC(C)CC2)c1. The molecule has 0 aliphatic carbocycles. The number of aromatic nitrogens is 2. The standard InChI is InChI=1S/C20H29N5O/c1-16-8-13-24(14-9-16)12-4-10-21-20(26)23-18-5-3-6-19(15-18)25-17(2)7-11-22-25/h3,5-7,11,15-16H,4,8-10,12-14H2,1-2H3,(H2,21,23,26). The van der Waals surface area contributed by atoms with Gasteiger partial charge in [-0.05, 0) is 76.0 Å². The molecular weight excluding hydrogens is 326 g/mol. The second-order valence-corrected chi connectivity index (χ2v) is 7.19. The lowest BCUT2D eigenvalue weighted by molar-refractivity contribution is 0.190. The molecule has 140 valence electrons. The lowest BCUT2D eigenvalue weighted by Crippen LogP contribution is -2.36. The van der Waals surface area contributed by atoms with E-state index in [9.17, 15) is 4.79 Å². The number of hydrogen-bond donors (Lipinski definition) is 2. The molecule has 0 bridgehead atoms. The summed E-state index contributed by atoms with van der Waals surface area (Å²) >= 11 is 0. The Bertz CT molecular complexity index is 718. The Morgan fingerprint density at radius 2 is 2.08 bits per heavy atom. The van der Waals surface area contributed by atoms with Crippen LogP contribution in [-0.2, 0) is 0 Å². The summed E-state index contributed by atoms with van der Waals surface area (Å²) in [4.78, 5) is 14.6. The van der Waals surface area contributed by atoms with Gasteiger partial charge < -0.3 is 15.5 Å². The van der Waals surface area contributed by atoms with Crippen molar-refractivity contribution in [2.24, 2.45) is 5.92 Å². The molecule has 1 fully saturated rings. The Labute approximate surface area is 155 Å². The third-order valence-electron chi connectivity index (χ3n) is 4.99. The Kier molecular flexibility index (Phi) is 6.28. The van der Waals surface area contributed by atoms with Crippen molar-refractivity contribution in [3.05, 3.63) is 42.2 Å². The number of nitrogens with zero attached hydrogens (tertiary/aromatic N) is 3. The van der Waals surface area contributed by atoms with Gasteiger partial charge >= 0.3 is 6.03 Å². The van der Waals surface area contributed by atoms with E-state index < -0.39 is 0 Å². The molecule has 6 nitrogen and oxygen atoms in total. The number of amides is 2. The number of carbonyl (C=O) groups excluding carboxylic acids is 1. The van der Waals surface area contributed by atoms with Crippen molar-refractivity contribution in [2.45, 2.75) is 33.1 Å². The predicted octanol–water partition coefficient (Wildman–Crippen LogP) is 3.42. The molecule has 2 N–H and O–H groups in total. The summed E-state index contributed by atoms with van der Waals surface area (Å²) in [6.07, 6.45) is 5.33. The van der Waals surface area contributed by atoms with Gasteiger partial charge in [0.1, 0.15) is 0 Å². The van der Waals surface area contributed by atoms with Crippen molar-refractivity contribution in [3.63, 3.8) is 0 Å². The normalized spacial score (nSPS) is 15.8. The van der Waals surface area contributed by atoms with Crippen molar-refractivity contribution in [1.29, 1.82) is 0 Å². The minimum Gasteiger partial charge on any atom is -0.338 e.